The van der Waals surface area contributed by atoms with Crippen LogP contribution in [0.5, 0.6) is 11.8 Å². The Morgan fingerprint density at radius 3 is 2.62 bits per heavy atom. The van der Waals surface area contributed by atoms with E-state index in [4.69, 9.17) is 22.1 Å². The highest BCUT2D eigenvalue weighted by Crippen LogP contribution is 2.21. The average molecular weight is 241 g/mol. The van der Waals surface area contributed by atoms with Crippen molar-refractivity contribution in [3.8, 4) is 11.8 Å². The molecule has 0 saturated carbocycles. The van der Waals surface area contributed by atoms with Gasteiger partial charge >= 0.3 is 6.01 Å². The van der Waals surface area contributed by atoms with Crippen LogP contribution in [0, 0.1) is 5.82 Å². The number of benzene rings is 1. The highest BCUT2D eigenvalue weighted by molar-refractivity contribution is 6.28. The molecule has 7 heteroatoms. The Kier molecular flexibility index (Phi) is 2.82. The lowest BCUT2D eigenvalue weighted by atomic mass is 10.3. The van der Waals surface area contributed by atoms with Crippen molar-refractivity contribution < 1.29 is 9.13 Å². The predicted octanol–water partition coefficient (Wildman–Crippen LogP) is 2.04. The van der Waals surface area contributed by atoms with Gasteiger partial charge in [0.2, 0.25) is 11.2 Å². The molecular weight excluding hydrogens is 235 g/mol. The number of halogens is 2. The standard InChI is InChI=1S/C9H6ClFN4O/c10-7-13-8(12)15-9(14-7)16-6-4-2-1-3-5(6)11/h1-4H,(H2,12,13,14,15). The fraction of sp³-hybridized carbons (Fsp3) is 0. The van der Waals surface area contributed by atoms with Gasteiger partial charge in [-0.05, 0) is 23.7 Å². The minimum Gasteiger partial charge on any atom is -0.421 e. The summed E-state index contributed by atoms with van der Waals surface area (Å²) in [6.45, 7) is 0. The second-order valence-electron chi connectivity index (χ2n) is 2.78. The third-order valence-electron chi connectivity index (χ3n) is 1.64. The highest BCUT2D eigenvalue weighted by atomic mass is 35.5. The molecule has 5 nitrogen and oxygen atoms in total. The first-order valence-electron chi connectivity index (χ1n) is 4.24. The van der Waals surface area contributed by atoms with Crippen molar-refractivity contribution >= 4 is 17.5 Å². The Morgan fingerprint density at radius 2 is 1.94 bits per heavy atom. The van der Waals surface area contributed by atoms with E-state index in [1.807, 2.05) is 0 Å². The lowest BCUT2D eigenvalue weighted by Gasteiger charge is -2.04. The van der Waals surface area contributed by atoms with Gasteiger partial charge in [0, 0.05) is 0 Å². The van der Waals surface area contributed by atoms with Gasteiger partial charge in [-0.2, -0.15) is 15.0 Å². The summed E-state index contributed by atoms with van der Waals surface area (Å²) in [5, 5.41) is -0.112. The second-order valence-corrected chi connectivity index (χ2v) is 3.12. The van der Waals surface area contributed by atoms with Crippen molar-refractivity contribution in [3.05, 3.63) is 35.4 Å². The zero-order valence-electron chi connectivity index (χ0n) is 7.89. The zero-order valence-corrected chi connectivity index (χ0v) is 8.65. The zero-order chi connectivity index (χ0) is 11.5. The molecule has 1 heterocycles. The maximum absolute atomic E-state index is 13.2. The number of hydrogen-bond donors (Lipinski definition) is 1. The number of nitrogens with two attached hydrogens (primary N) is 1. The van der Waals surface area contributed by atoms with Gasteiger partial charge in [0.15, 0.2) is 11.6 Å². The van der Waals surface area contributed by atoms with Crippen LogP contribution in [0.2, 0.25) is 5.28 Å². The molecule has 0 spiro atoms. The van der Waals surface area contributed by atoms with Crippen LogP contribution in [0.15, 0.2) is 24.3 Å². The Balaban J connectivity index is 2.30. The van der Waals surface area contributed by atoms with Crippen molar-refractivity contribution in [2.24, 2.45) is 0 Å². The van der Waals surface area contributed by atoms with Gasteiger partial charge in [0.05, 0.1) is 0 Å². The summed E-state index contributed by atoms with van der Waals surface area (Å²) < 4.78 is 18.3. The van der Waals surface area contributed by atoms with Crippen molar-refractivity contribution in [2.75, 3.05) is 5.73 Å². The van der Waals surface area contributed by atoms with Gasteiger partial charge in [-0.15, -0.1) is 0 Å². The summed E-state index contributed by atoms with van der Waals surface area (Å²) in [6, 6.07) is 5.69. The molecule has 2 N–H and O–H groups in total. The second kappa shape index (κ2) is 4.28. The fourth-order valence-corrected chi connectivity index (χ4v) is 1.18. The van der Waals surface area contributed by atoms with E-state index in [2.05, 4.69) is 15.0 Å². The molecule has 2 aromatic rings. The quantitative estimate of drug-likeness (QED) is 0.870. The monoisotopic (exact) mass is 240 g/mol. The number of hydrogen-bond acceptors (Lipinski definition) is 5. The Labute approximate surface area is 95.1 Å². The van der Waals surface area contributed by atoms with Crippen LogP contribution >= 0.6 is 11.6 Å². The molecule has 0 unspecified atom stereocenters. The van der Waals surface area contributed by atoms with Crippen molar-refractivity contribution in [3.63, 3.8) is 0 Å². The first-order chi connectivity index (χ1) is 7.65. The lowest BCUT2D eigenvalue weighted by molar-refractivity contribution is 0.410. The van der Waals surface area contributed by atoms with Gasteiger partial charge in [0.25, 0.3) is 0 Å². The van der Waals surface area contributed by atoms with Gasteiger partial charge in [0.1, 0.15) is 0 Å². The molecule has 0 bridgehead atoms. The normalized spacial score (nSPS) is 10.1. The number of nitrogens with zero attached hydrogens (tertiary/aromatic N) is 3. The molecule has 0 aliphatic carbocycles. The van der Waals surface area contributed by atoms with E-state index >= 15 is 0 Å². The number of ether oxygens (including phenoxy) is 1. The molecule has 2 rings (SSSR count). The van der Waals surface area contributed by atoms with E-state index in [1.165, 1.54) is 18.2 Å². The summed E-state index contributed by atoms with van der Waals surface area (Å²) in [5.41, 5.74) is 5.33. The van der Waals surface area contributed by atoms with Crippen LogP contribution in [0.1, 0.15) is 0 Å². The first-order valence-corrected chi connectivity index (χ1v) is 4.62. The fourth-order valence-electron chi connectivity index (χ4n) is 1.02. The number of para-hydroxylation sites is 1. The predicted molar refractivity (Wildman–Crippen MR) is 55.7 cm³/mol. The van der Waals surface area contributed by atoms with Crippen LogP contribution in [0.4, 0.5) is 10.3 Å². The maximum Gasteiger partial charge on any atom is 0.328 e. The number of nitrogen functional groups attached to an aromatic ring is 1. The van der Waals surface area contributed by atoms with E-state index in [0.717, 1.165) is 0 Å². The largest absolute Gasteiger partial charge is 0.421 e. The minimum absolute atomic E-state index is 0.0100. The summed E-state index contributed by atoms with van der Waals surface area (Å²) in [6.07, 6.45) is 0. The number of rotatable bonds is 2. The number of aromatic nitrogens is 3. The van der Waals surface area contributed by atoms with Crippen LogP contribution in [-0.4, -0.2) is 15.0 Å². The molecule has 1 aromatic carbocycles. The molecule has 16 heavy (non-hydrogen) atoms. The van der Waals surface area contributed by atoms with Gasteiger partial charge in [-0.25, -0.2) is 4.39 Å². The average Bonchev–Trinajstić information content (AvgIpc) is 2.20. The van der Waals surface area contributed by atoms with Crippen LogP contribution in [0.25, 0.3) is 0 Å². The SMILES string of the molecule is Nc1nc(Cl)nc(Oc2ccccc2F)n1. The molecule has 0 amide bonds. The van der Waals surface area contributed by atoms with Gasteiger partial charge in [-0.1, -0.05) is 12.1 Å². The van der Waals surface area contributed by atoms with Gasteiger partial charge < -0.3 is 10.5 Å². The van der Waals surface area contributed by atoms with E-state index in [0.29, 0.717) is 0 Å². The molecule has 0 fully saturated rings. The van der Waals surface area contributed by atoms with Crippen LogP contribution < -0.4 is 10.5 Å². The third-order valence-corrected chi connectivity index (χ3v) is 1.81. The molecule has 0 aliphatic rings. The van der Waals surface area contributed by atoms with Crippen molar-refractivity contribution in [1.29, 1.82) is 0 Å². The molecule has 0 radical (unpaired) electrons. The molecule has 0 saturated heterocycles. The Bertz CT molecular complexity index is 502. The van der Waals surface area contributed by atoms with E-state index < -0.39 is 5.82 Å². The summed E-state index contributed by atoms with van der Waals surface area (Å²) in [4.78, 5) is 10.8. The summed E-state index contributed by atoms with van der Waals surface area (Å²) in [7, 11) is 0. The molecule has 0 aliphatic heterocycles. The third kappa shape index (κ3) is 2.34. The van der Waals surface area contributed by atoms with E-state index in [-0.39, 0.29) is 23.0 Å². The molecule has 1 aromatic heterocycles. The summed E-state index contributed by atoms with van der Waals surface area (Å²) >= 11 is 5.54. The number of anilines is 1. The molecular formula is C9H6ClFN4O. The van der Waals surface area contributed by atoms with Crippen molar-refractivity contribution in [1.82, 2.24) is 15.0 Å². The Morgan fingerprint density at radius 1 is 1.19 bits per heavy atom. The van der Waals surface area contributed by atoms with Crippen LogP contribution in [0.3, 0.4) is 0 Å². The smallest absolute Gasteiger partial charge is 0.328 e. The minimum atomic E-state index is -0.530. The Hall–Kier alpha value is -1.95. The van der Waals surface area contributed by atoms with Gasteiger partial charge in [-0.3, -0.25) is 0 Å². The van der Waals surface area contributed by atoms with E-state index in [1.54, 1.807) is 6.07 Å². The van der Waals surface area contributed by atoms with Crippen molar-refractivity contribution in [2.45, 2.75) is 0 Å². The maximum atomic E-state index is 13.2. The highest BCUT2D eigenvalue weighted by Gasteiger charge is 2.08. The summed E-state index contributed by atoms with van der Waals surface area (Å²) in [5.74, 6) is -0.631. The lowest BCUT2D eigenvalue weighted by Crippen LogP contribution is -2.00. The first kappa shape index (κ1) is 10.6. The molecule has 0 atom stereocenters. The van der Waals surface area contributed by atoms with E-state index in [9.17, 15) is 4.39 Å². The van der Waals surface area contributed by atoms with Crippen LogP contribution in [-0.2, 0) is 0 Å². The topological polar surface area (TPSA) is 73.9 Å². The molecule has 82 valence electrons.